The van der Waals surface area contributed by atoms with Gasteiger partial charge in [0.25, 0.3) is 0 Å². The molecule has 4 rings (SSSR count). The molecule has 1 saturated heterocycles. The molecule has 2 aliphatic heterocycles. The van der Waals surface area contributed by atoms with Crippen molar-refractivity contribution in [1.82, 2.24) is 0 Å². The number of nitrogens with zero attached hydrogens (tertiary/aromatic N) is 1. The second-order valence-electron chi connectivity index (χ2n) is 7.09. The molecule has 1 fully saturated rings. The molecule has 26 heavy (non-hydrogen) atoms. The van der Waals surface area contributed by atoms with Gasteiger partial charge in [-0.15, -0.1) is 0 Å². The van der Waals surface area contributed by atoms with Crippen LogP contribution in [0.3, 0.4) is 0 Å². The van der Waals surface area contributed by atoms with Crippen LogP contribution in [0.1, 0.15) is 30.4 Å². The highest BCUT2D eigenvalue weighted by atomic mass is 19.1. The quantitative estimate of drug-likeness (QED) is 0.910. The summed E-state index contributed by atoms with van der Waals surface area (Å²) in [6.45, 7) is 4.58. The topological polar surface area (TPSA) is 41.6 Å². The van der Waals surface area contributed by atoms with E-state index in [1.54, 1.807) is 12.1 Å². The maximum atomic E-state index is 13.0. The average molecular weight is 354 g/mol. The molecule has 2 heterocycles. The van der Waals surface area contributed by atoms with Crippen molar-refractivity contribution in [3.05, 3.63) is 59.4 Å². The molecule has 1 unspecified atom stereocenters. The summed E-state index contributed by atoms with van der Waals surface area (Å²) >= 11 is 0. The number of nitrogens with one attached hydrogen (secondary N) is 1. The molecule has 5 heteroatoms. The minimum absolute atomic E-state index is 0.0865. The van der Waals surface area contributed by atoms with Crippen LogP contribution in [0, 0.1) is 5.82 Å². The first-order valence-corrected chi connectivity index (χ1v) is 9.15. The van der Waals surface area contributed by atoms with Crippen LogP contribution in [0.2, 0.25) is 0 Å². The van der Waals surface area contributed by atoms with E-state index in [9.17, 15) is 9.18 Å². The van der Waals surface area contributed by atoms with Crippen LogP contribution in [0.25, 0.3) is 0 Å². The van der Waals surface area contributed by atoms with Gasteiger partial charge in [0.15, 0.2) is 0 Å². The molecule has 0 spiro atoms. The van der Waals surface area contributed by atoms with E-state index in [0.29, 0.717) is 11.7 Å². The van der Waals surface area contributed by atoms with E-state index in [-0.39, 0.29) is 17.6 Å². The van der Waals surface area contributed by atoms with Crippen molar-refractivity contribution in [2.24, 2.45) is 0 Å². The third kappa shape index (κ3) is 3.31. The van der Waals surface area contributed by atoms with Crippen molar-refractivity contribution in [1.29, 1.82) is 0 Å². The second-order valence-corrected chi connectivity index (χ2v) is 7.09. The molecular formula is C21H23FN2O2. The highest BCUT2D eigenvalue weighted by Gasteiger charge is 2.30. The Balaban J connectivity index is 1.50. The van der Waals surface area contributed by atoms with Gasteiger partial charge in [-0.3, -0.25) is 4.79 Å². The molecular weight excluding hydrogens is 331 g/mol. The Morgan fingerprint density at radius 1 is 1.23 bits per heavy atom. The van der Waals surface area contributed by atoms with E-state index in [1.165, 1.54) is 23.4 Å². The Kier molecular flexibility index (Phi) is 4.64. The normalized spacial score (nSPS) is 18.0. The molecule has 1 amide bonds. The summed E-state index contributed by atoms with van der Waals surface area (Å²) in [4.78, 5) is 15.0. The molecule has 0 saturated carbocycles. The predicted octanol–water partition coefficient (Wildman–Crippen LogP) is 3.72. The monoisotopic (exact) mass is 354 g/mol. The van der Waals surface area contributed by atoms with Crippen molar-refractivity contribution >= 4 is 17.3 Å². The van der Waals surface area contributed by atoms with Gasteiger partial charge in [-0.1, -0.05) is 12.1 Å². The fraction of sp³-hybridized carbons (Fsp3) is 0.381. The van der Waals surface area contributed by atoms with Gasteiger partial charge in [0.05, 0.1) is 25.2 Å². The van der Waals surface area contributed by atoms with Crippen LogP contribution in [-0.4, -0.2) is 31.7 Å². The van der Waals surface area contributed by atoms with Gasteiger partial charge in [0, 0.05) is 17.9 Å². The Bertz CT molecular complexity index is 802. The van der Waals surface area contributed by atoms with Crippen LogP contribution in [0.4, 0.5) is 15.8 Å². The number of hydrogen-bond donors (Lipinski definition) is 1. The van der Waals surface area contributed by atoms with Gasteiger partial charge >= 0.3 is 0 Å². The van der Waals surface area contributed by atoms with Gasteiger partial charge < -0.3 is 15.0 Å². The number of hydrogen-bond acceptors (Lipinski definition) is 3. The molecule has 1 atom stereocenters. The van der Waals surface area contributed by atoms with Crippen LogP contribution < -0.4 is 10.2 Å². The number of carbonyl (C=O) groups excluding carboxylic acids is 1. The number of amides is 1. The van der Waals surface area contributed by atoms with Crippen molar-refractivity contribution < 1.29 is 13.9 Å². The molecule has 0 bridgehead atoms. The van der Waals surface area contributed by atoms with E-state index < -0.39 is 0 Å². The predicted molar refractivity (Wildman–Crippen MR) is 100 cm³/mol. The van der Waals surface area contributed by atoms with Gasteiger partial charge in [0.2, 0.25) is 5.91 Å². The Morgan fingerprint density at radius 3 is 2.69 bits per heavy atom. The van der Waals surface area contributed by atoms with Gasteiger partial charge in [-0.2, -0.15) is 0 Å². The first-order chi connectivity index (χ1) is 12.6. The summed E-state index contributed by atoms with van der Waals surface area (Å²) in [5, 5.41) is 2.86. The average Bonchev–Trinajstić information content (AvgIpc) is 2.61. The lowest BCUT2D eigenvalue weighted by Crippen LogP contribution is -2.51. The van der Waals surface area contributed by atoms with E-state index >= 15 is 0 Å². The van der Waals surface area contributed by atoms with Gasteiger partial charge in [-0.25, -0.2) is 4.39 Å². The molecule has 0 aliphatic carbocycles. The third-order valence-electron chi connectivity index (χ3n) is 5.32. The van der Waals surface area contributed by atoms with Crippen LogP contribution in [0.5, 0.6) is 0 Å². The maximum absolute atomic E-state index is 13.0. The first kappa shape index (κ1) is 17.0. The number of benzene rings is 2. The zero-order chi connectivity index (χ0) is 18.1. The minimum atomic E-state index is -0.313. The summed E-state index contributed by atoms with van der Waals surface area (Å²) in [7, 11) is 0. The molecule has 2 aromatic carbocycles. The van der Waals surface area contributed by atoms with E-state index in [4.69, 9.17) is 4.74 Å². The Morgan fingerprint density at radius 2 is 2.00 bits per heavy atom. The zero-order valence-electron chi connectivity index (χ0n) is 14.9. The molecule has 0 aromatic heterocycles. The molecule has 4 nitrogen and oxygen atoms in total. The fourth-order valence-electron chi connectivity index (χ4n) is 3.63. The van der Waals surface area contributed by atoms with Gasteiger partial charge in [-0.05, 0) is 61.2 Å². The number of rotatable bonds is 4. The first-order valence-electron chi connectivity index (χ1n) is 9.15. The van der Waals surface area contributed by atoms with Crippen molar-refractivity contribution in [3.8, 4) is 0 Å². The van der Waals surface area contributed by atoms with Crippen molar-refractivity contribution in [2.75, 3.05) is 30.0 Å². The highest BCUT2D eigenvalue weighted by Crippen LogP contribution is 2.33. The van der Waals surface area contributed by atoms with E-state index in [1.807, 2.05) is 13.0 Å². The SMILES string of the molecule is CC(C(=O)Nc1ccc(F)cc1)c1ccc2c(c1)CCCN2C1COC1. The van der Waals surface area contributed by atoms with Gasteiger partial charge in [0.1, 0.15) is 5.82 Å². The summed E-state index contributed by atoms with van der Waals surface area (Å²) in [5.41, 5.74) is 4.20. The molecule has 136 valence electrons. The number of carbonyl (C=O) groups is 1. The zero-order valence-corrected chi connectivity index (χ0v) is 14.9. The van der Waals surface area contributed by atoms with Crippen molar-refractivity contribution in [2.45, 2.75) is 31.7 Å². The summed E-state index contributed by atoms with van der Waals surface area (Å²) in [6.07, 6.45) is 2.17. The number of halogens is 1. The van der Waals surface area contributed by atoms with Crippen LogP contribution >= 0.6 is 0 Å². The second kappa shape index (κ2) is 7.08. The summed E-state index contributed by atoms with van der Waals surface area (Å²) < 4.78 is 18.3. The minimum Gasteiger partial charge on any atom is -0.377 e. The Labute approximate surface area is 153 Å². The van der Waals surface area contributed by atoms with Crippen molar-refractivity contribution in [3.63, 3.8) is 0 Å². The summed E-state index contributed by atoms with van der Waals surface area (Å²) in [5.74, 6) is -0.670. The summed E-state index contributed by atoms with van der Waals surface area (Å²) in [6, 6.07) is 12.7. The number of fused-ring (bicyclic) bond motifs is 1. The maximum Gasteiger partial charge on any atom is 0.231 e. The van der Waals surface area contributed by atoms with Crippen LogP contribution in [0.15, 0.2) is 42.5 Å². The molecule has 2 aromatic rings. The molecule has 2 aliphatic rings. The standard InChI is InChI=1S/C21H23FN2O2/c1-14(21(25)23-18-7-5-17(22)6-8-18)15-4-9-20-16(11-15)3-2-10-24(20)19-12-26-13-19/h4-9,11,14,19H,2-3,10,12-13H2,1H3,(H,23,25). The lowest BCUT2D eigenvalue weighted by Gasteiger charge is -2.42. The number of ether oxygens (including phenoxy) is 1. The van der Waals surface area contributed by atoms with E-state index in [0.717, 1.165) is 38.2 Å². The molecule has 0 radical (unpaired) electrons. The van der Waals surface area contributed by atoms with E-state index in [2.05, 4.69) is 22.3 Å². The molecule has 1 N–H and O–H groups in total. The number of aryl methyl sites for hydroxylation is 1. The smallest absolute Gasteiger partial charge is 0.231 e. The fourth-order valence-corrected chi connectivity index (χ4v) is 3.63. The largest absolute Gasteiger partial charge is 0.377 e. The Hall–Kier alpha value is -2.40. The highest BCUT2D eigenvalue weighted by molar-refractivity contribution is 5.95. The third-order valence-corrected chi connectivity index (χ3v) is 5.32. The lowest BCUT2D eigenvalue weighted by molar-refractivity contribution is -0.117. The van der Waals surface area contributed by atoms with Crippen LogP contribution in [-0.2, 0) is 16.0 Å². The number of anilines is 2. The lowest BCUT2D eigenvalue weighted by atomic mass is 9.92.